The first-order chi connectivity index (χ1) is 5.43. The molecule has 2 N–H and O–H groups in total. The molecule has 4 heteroatoms. The van der Waals surface area contributed by atoms with E-state index < -0.39 is 17.5 Å². The fraction of sp³-hybridized carbons (Fsp3) is 0.875. The van der Waals surface area contributed by atoms with Crippen LogP contribution in [0.25, 0.3) is 0 Å². The van der Waals surface area contributed by atoms with Crippen LogP contribution in [0.5, 0.6) is 0 Å². The molecule has 0 aliphatic carbocycles. The summed E-state index contributed by atoms with van der Waals surface area (Å²) in [4.78, 5) is 10.5. The van der Waals surface area contributed by atoms with E-state index in [4.69, 9.17) is 14.9 Å². The van der Waals surface area contributed by atoms with Crippen molar-refractivity contribution in [3.63, 3.8) is 0 Å². The van der Waals surface area contributed by atoms with E-state index in [1.54, 1.807) is 13.8 Å². The van der Waals surface area contributed by atoms with Crippen molar-refractivity contribution in [3.8, 4) is 0 Å². The summed E-state index contributed by atoms with van der Waals surface area (Å²) in [6, 6.07) is 0. The van der Waals surface area contributed by atoms with Crippen LogP contribution >= 0.6 is 0 Å². The average Bonchev–Trinajstić information content (AvgIpc) is 2.00. The van der Waals surface area contributed by atoms with E-state index in [9.17, 15) is 4.79 Å². The quantitative estimate of drug-likeness (QED) is 0.640. The fourth-order valence-electron chi connectivity index (χ4n) is 0.838. The van der Waals surface area contributed by atoms with E-state index in [1.807, 2.05) is 0 Å². The second-order valence-corrected chi connectivity index (χ2v) is 3.59. The molecule has 0 rings (SSSR count). The Morgan fingerprint density at radius 2 is 2.08 bits per heavy atom. The molecule has 0 aromatic carbocycles. The molecule has 0 aliphatic heterocycles. The van der Waals surface area contributed by atoms with Gasteiger partial charge in [0.05, 0.1) is 0 Å². The van der Waals surface area contributed by atoms with Crippen molar-refractivity contribution < 1.29 is 19.7 Å². The van der Waals surface area contributed by atoms with Gasteiger partial charge >= 0.3 is 5.97 Å². The van der Waals surface area contributed by atoms with Crippen molar-refractivity contribution in [2.75, 3.05) is 13.7 Å². The molecular formula is C8H16O4. The maximum absolute atomic E-state index is 10.5. The summed E-state index contributed by atoms with van der Waals surface area (Å²) in [6.45, 7) is 3.55. The van der Waals surface area contributed by atoms with E-state index in [1.165, 1.54) is 7.11 Å². The van der Waals surface area contributed by atoms with E-state index >= 15 is 0 Å². The molecule has 0 saturated heterocycles. The number of hydrogen-bond acceptors (Lipinski definition) is 3. The van der Waals surface area contributed by atoms with Crippen molar-refractivity contribution in [3.05, 3.63) is 0 Å². The van der Waals surface area contributed by atoms with Crippen LogP contribution < -0.4 is 0 Å². The molecule has 1 unspecified atom stereocenters. The molecule has 0 radical (unpaired) electrons. The molecule has 0 aromatic rings. The van der Waals surface area contributed by atoms with Crippen LogP contribution in [0.3, 0.4) is 0 Å². The number of hydrogen-bond donors (Lipinski definition) is 2. The molecule has 0 aliphatic rings. The molecular weight excluding hydrogens is 160 g/mol. The number of methoxy groups -OCH3 is 1. The molecule has 0 heterocycles. The Morgan fingerprint density at radius 1 is 1.58 bits per heavy atom. The topological polar surface area (TPSA) is 66.8 Å². The summed E-state index contributed by atoms with van der Waals surface area (Å²) < 4.78 is 4.74. The first kappa shape index (κ1) is 11.4. The second kappa shape index (κ2) is 4.42. The first-order valence-corrected chi connectivity index (χ1v) is 3.79. The van der Waals surface area contributed by atoms with Crippen molar-refractivity contribution in [2.24, 2.45) is 5.41 Å². The van der Waals surface area contributed by atoms with Crippen LogP contribution in [0.1, 0.15) is 20.3 Å². The Bertz CT molecular complexity index is 153. The number of aliphatic hydroxyl groups is 1. The number of rotatable bonds is 5. The third-order valence-corrected chi connectivity index (χ3v) is 1.73. The number of aliphatic carboxylic acids is 1. The van der Waals surface area contributed by atoms with E-state index in [0.29, 0.717) is 6.42 Å². The van der Waals surface area contributed by atoms with Gasteiger partial charge in [0.1, 0.15) is 0 Å². The largest absolute Gasteiger partial charge is 0.479 e. The summed E-state index contributed by atoms with van der Waals surface area (Å²) in [7, 11) is 1.35. The highest BCUT2D eigenvalue weighted by atomic mass is 16.5. The second-order valence-electron chi connectivity index (χ2n) is 3.59. The number of carbonyl (C=O) groups is 1. The Hall–Kier alpha value is -0.610. The third-order valence-electron chi connectivity index (χ3n) is 1.73. The monoisotopic (exact) mass is 176 g/mol. The lowest BCUT2D eigenvalue weighted by Crippen LogP contribution is -2.31. The zero-order chi connectivity index (χ0) is 9.78. The summed E-state index contributed by atoms with van der Waals surface area (Å²) in [5.74, 6) is -0.987. The SMILES string of the molecule is COC(CC(C)(C)CO)C(=O)O. The van der Waals surface area contributed by atoms with Gasteiger partial charge < -0.3 is 14.9 Å². The first-order valence-electron chi connectivity index (χ1n) is 3.79. The summed E-state index contributed by atoms with van der Waals surface area (Å²) in [5.41, 5.74) is -0.404. The number of ether oxygens (including phenoxy) is 1. The molecule has 0 spiro atoms. The summed E-state index contributed by atoms with van der Waals surface area (Å²) >= 11 is 0. The summed E-state index contributed by atoms with van der Waals surface area (Å²) in [5, 5.41) is 17.5. The van der Waals surface area contributed by atoms with Crippen LogP contribution in [0.2, 0.25) is 0 Å². The minimum absolute atomic E-state index is 0.0415. The Kier molecular flexibility index (Phi) is 4.20. The molecule has 72 valence electrons. The van der Waals surface area contributed by atoms with Gasteiger partial charge in [-0.3, -0.25) is 0 Å². The smallest absolute Gasteiger partial charge is 0.332 e. The van der Waals surface area contributed by atoms with Crippen LogP contribution in [-0.4, -0.2) is 36.0 Å². The molecule has 1 atom stereocenters. The van der Waals surface area contributed by atoms with Gasteiger partial charge in [0, 0.05) is 13.7 Å². The van der Waals surface area contributed by atoms with Crippen molar-refractivity contribution >= 4 is 5.97 Å². The standard InChI is InChI=1S/C8H16O4/c1-8(2,5-9)4-6(12-3)7(10)11/h6,9H,4-5H2,1-3H3,(H,10,11). The van der Waals surface area contributed by atoms with Gasteiger partial charge in [-0.25, -0.2) is 4.79 Å². The molecule has 0 amide bonds. The Balaban J connectivity index is 4.11. The predicted octanol–water partition coefficient (Wildman–Crippen LogP) is 0.495. The van der Waals surface area contributed by atoms with Gasteiger partial charge in [0.15, 0.2) is 6.10 Å². The highest BCUT2D eigenvalue weighted by Crippen LogP contribution is 2.22. The van der Waals surface area contributed by atoms with Gasteiger partial charge in [-0.15, -0.1) is 0 Å². The molecule has 0 bridgehead atoms. The Labute approximate surface area is 72.2 Å². The number of carboxylic acid groups (broad SMARTS) is 1. The predicted molar refractivity (Wildman–Crippen MR) is 43.9 cm³/mol. The minimum atomic E-state index is -0.987. The van der Waals surface area contributed by atoms with E-state index in [-0.39, 0.29) is 6.61 Å². The Morgan fingerprint density at radius 3 is 2.33 bits per heavy atom. The molecule has 0 saturated carbocycles. The molecule has 12 heavy (non-hydrogen) atoms. The summed E-state index contributed by atoms with van der Waals surface area (Å²) in [6.07, 6.45) is -0.512. The van der Waals surface area contributed by atoms with Crippen LogP contribution in [0.15, 0.2) is 0 Å². The lowest BCUT2D eigenvalue weighted by Gasteiger charge is -2.24. The number of aliphatic hydroxyl groups excluding tert-OH is 1. The van der Waals surface area contributed by atoms with Gasteiger partial charge in [0.2, 0.25) is 0 Å². The fourth-order valence-corrected chi connectivity index (χ4v) is 0.838. The average molecular weight is 176 g/mol. The van der Waals surface area contributed by atoms with E-state index in [2.05, 4.69) is 0 Å². The minimum Gasteiger partial charge on any atom is -0.479 e. The van der Waals surface area contributed by atoms with Crippen LogP contribution in [-0.2, 0) is 9.53 Å². The van der Waals surface area contributed by atoms with Gasteiger partial charge in [0.25, 0.3) is 0 Å². The maximum Gasteiger partial charge on any atom is 0.332 e. The highest BCUT2D eigenvalue weighted by Gasteiger charge is 2.26. The van der Waals surface area contributed by atoms with Gasteiger partial charge in [-0.2, -0.15) is 0 Å². The third kappa shape index (κ3) is 3.69. The number of carboxylic acids is 1. The lowest BCUT2D eigenvalue weighted by atomic mass is 9.88. The van der Waals surface area contributed by atoms with Crippen LogP contribution in [0.4, 0.5) is 0 Å². The lowest BCUT2D eigenvalue weighted by molar-refractivity contribution is -0.150. The maximum atomic E-state index is 10.5. The highest BCUT2D eigenvalue weighted by molar-refractivity contribution is 5.72. The molecule has 4 nitrogen and oxygen atoms in total. The van der Waals surface area contributed by atoms with Crippen molar-refractivity contribution in [1.29, 1.82) is 0 Å². The van der Waals surface area contributed by atoms with Gasteiger partial charge in [-0.05, 0) is 11.8 Å². The zero-order valence-electron chi connectivity index (χ0n) is 7.70. The van der Waals surface area contributed by atoms with Crippen molar-refractivity contribution in [2.45, 2.75) is 26.4 Å². The van der Waals surface area contributed by atoms with Gasteiger partial charge in [-0.1, -0.05) is 13.8 Å². The molecule has 0 fully saturated rings. The van der Waals surface area contributed by atoms with Crippen LogP contribution in [0, 0.1) is 5.41 Å². The van der Waals surface area contributed by atoms with E-state index in [0.717, 1.165) is 0 Å². The van der Waals surface area contributed by atoms with Crippen molar-refractivity contribution in [1.82, 2.24) is 0 Å². The molecule has 0 aromatic heterocycles. The normalized spacial score (nSPS) is 14.3. The zero-order valence-corrected chi connectivity index (χ0v) is 7.70.